The maximum Gasteiger partial charge on any atom is 0.319 e. The van der Waals surface area contributed by atoms with E-state index in [1.54, 1.807) is 0 Å². The summed E-state index contributed by atoms with van der Waals surface area (Å²) in [5, 5.41) is 0. The molecular formula is C5H11O3PY. The summed E-state index contributed by atoms with van der Waals surface area (Å²) in [6.07, 6.45) is 0. The molecule has 0 spiro atoms. The fourth-order valence-electron chi connectivity index (χ4n) is 0.592. The topological polar surface area (TPSA) is 35.5 Å². The van der Waals surface area contributed by atoms with Crippen LogP contribution in [-0.4, -0.2) is 13.2 Å². The molecule has 1 saturated heterocycles. The van der Waals surface area contributed by atoms with Gasteiger partial charge < -0.3 is 9.05 Å². The molecule has 5 heteroatoms. The van der Waals surface area contributed by atoms with Crippen molar-refractivity contribution in [2.45, 2.75) is 13.8 Å². The van der Waals surface area contributed by atoms with Crippen molar-refractivity contribution in [3.05, 3.63) is 0 Å². The van der Waals surface area contributed by atoms with Crippen molar-refractivity contribution in [3.63, 3.8) is 0 Å². The van der Waals surface area contributed by atoms with Gasteiger partial charge in [0.25, 0.3) is 0 Å². The zero-order chi connectivity index (χ0) is 6.91. The fourth-order valence-corrected chi connectivity index (χ4v) is 1.69. The van der Waals surface area contributed by atoms with Gasteiger partial charge in [-0.25, -0.2) is 0 Å². The third-order valence-corrected chi connectivity index (χ3v) is 1.92. The van der Waals surface area contributed by atoms with E-state index in [-0.39, 0.29) is 38.1 Å². The Hall–Kier alpha value is 1.25. The summed E-state index contributed by atoms with van der Waals surface area (Å²) < 4.78 is 20.1. The first-order valence-electron chi connectivity index (χ1n) is 2.90. The Morgan fingerprint density at radius 3 is 2.00 bits per heavy atom. The minimum absolute atomic E-state index is 0. The predicted octanol–water partition coefficient (Wildman–Crippen LogP) is 1.45. The number of hydrogen-bond acceptors (Lipinski definition) is 3. The van der Waals surface area contributed by atoms with E-state index in [1.165, 1.54) is 0 Å². The Balaban J connectivity index is 0.000000810. The summed E-state index contributed by atoms with van der Waals surface area (Å²) in [5.41, 5.74) is 0.0403. The largest absolute Gasteiger partial charge is 0.319 e. The molecule has 10 heavy (non-hydrogen) atoms. The van der Waals surface area contributed by atoms with Gasteiger partial charge in [-0.15, -0.1) is 0 Å². The summed E-state index contributed by atoms with van der Waals surface area (Å²) in [5.74, 6) is 0. The summed E-state index contributed by atoms with van der Waals surface area (Å²) in [6.45, 7) is 5.12. The Kier molecular flexibility index (Phi) is 4.86. The quantitative estimate of drug-likeness (QED) is 0.600. The molecule has 0 aromatic carbocycles. The van der Waals surface area contributed by atoms with Crippen molar-refractivity contribution in [1.82, 2.24) is 0 Å². The first-order valence-corrected chi connectivity index (χ1v) is 4.12. The third-order valence-electron chi connectivity index (χ3n) is 1.16. The van der Waals surface area contributed by atoms with Crippen LogP contribution in [-0.2, 0) is 46.3 Å². The molecule has 1 fully saturated rings. The van der Waals surface area contributed by atoms with E-state index in [2.05, 4.69) is 0 Å². The zero-order valence-corrected chi connectivity index (χ0v) is 10.1. The molecule has 1 radical (unpaired) electrons. The van der Waals surface area contributed by atoms with Gasteiger partial charge in [0.15, 0.2) is 0 Å². The average molecular weight is 239 g/mol. The number of hydrogen-bond donors (Lipinski definition) is 0. The molecule has 0 aromatic rings. The Labute approximate surface area is 86.7 Å². The van der Waals surface area contributed by atoms with Gasteiger partial charge in [-0.05, 0) is 0 Å². The normalized spacial score (nSPS) is 25.4. The zero-order valence-electron chi connectivity index (χ0n) is 6.22. The van der Waals surface area contributed by atoms with Gasteiger partial charge in [0.05, 0.1) is 13.2 Å². The molecule has 0 amide bonds. The van der Waals surface area contributed by atoms with Crippen LogP contribution in [0.1, 0.15) is 13.8 Å². The first-order chi connectivity index (χ1) is 4.10. The Bertz CT molecular complexity index is 125. The van der Waals surface area contributed by atoms with Gasteiger partial charge in [0.1, 0.15) is 0 Å². The fraction of sp³-hybridized carbons (Fsp3) is 1.00. The molecule has 3 nitrogen and oxygen atoms in total. The van der Waals surface area contributed by atoms with E-state index in [0.717, 1.165) is 0 Å². The van der Waals surface area contributed by atoms with Crippen LogP contribution < -0.4 is 0 Å². The van der Waals surface area contributed by atoms with Crippen molar-refractivity contribution >= 4 is 8.25 Å². The second-order valence-electron chi connectivity index (χ2n) is 2.99. The summed E-state index contributed by atoms with van der Waals surface area (Å²) in [7, 11) is -2.11. The van der Waals surface area contributed by atoms with E-state index < -0.39 is 8.25 Å². The van der Waals surface area contributed by atoms with E-state index >= 15 is 0 Å². The molecule has 1 aliphatic heterocycles. The monoisotopic (exact) mass is 239 g/mol. The van der Waals surface area contributed by atoms with Crippen molar-refractivity contribution in [2.24, 2.45) is 5.41 Å². The van der Waals surface area contributed by atoms with E-state index in [4.69, 9.17) is 9.05 Å². The molecule has 1 heterocycles. The van der Waals surface area contributed by atoms with Crippen LogP contribution in [0.15, 0.2) is 0 Å². The molecule has 0 saturated carbocycles. The SMILES string of the molecule is CC1(C)CO[PH](=O)OC1.[Y]. The van der Waals surface area contributed by atoms with Crippen LogP contribution in [0.3, 0.4) is 0 Å². The van der Waals surface area contributed by atoms with Crippen LogP contribution in [0.25, 0.3) is 0 Å². The minimum Gasteiger partial charge on any atom is -0.310 e. The standard InChI is InChI=1S/C5H11O3P.Y/c1-5(2)3-7-9(6)8-4-5;/h9H,3-4H2,1-2H3;. The van der Waals surface area contributed by atoms with Crippen LogP contribution in [0, 0.1) is 5.41 Å². The summed E-state index contributed by atoms with van der Waals surface area (Å²) in [6, 6.07) is 0. The molecule has 1 rings (SSSR count). The van der Waals surface area contributed by atoms with Gasteiger partial charge in [-0.1, -0.05) is 13.8 Å². The maximum atomic E-state index is 10.5. The van der Waals surface area contributed by atoms with Gasteiger partial charge >= 0.3 is 8.25 Å². The molecule has 0 N–H and O–H groups in total. The Morgan fingerprint density at radius 1 is 1.30 bits per heavy atom. The second kappa shape index (κ2) is 4.32. The van der Waals surface area contributed by atoms with Crippen LogP contribution in [0.4, 0.5) is 0 Å². The Morgan fingerprint density at radius 2 is 1.70 bits per heavy atom. The predicted molar refractivity (Wildman–Crippen MR) is 34.7 cm³/mol. The molecule has 0 bridgehead atoms. The van der Waals surface area contributed by atoms with E-state index in [1.807, 2.05) is 13.8 Å². The van der Waals surface area contributed by atoms with E-state index in [9.17, 15) is 4.57 Å². The molecule has 0 unspecified atom stereocenters. The van der Waals surface area contributed by atoms with E-state index in [0.29, 0.717) is 13.2 Å². The van der Waals surface area contributed by atoms with Crippen molar-refractivity contribution < 1.29 is 46.3 Å². The molecule has 0 aromatic heterocycles. The smallest absolute Gasteiger partial charge is 0.310 e. The molecule has 57 valence electrons. The van der Waals surface area contributed by atoms with Gasteiger partial charge in [-0.2, -0.15) is 0 Å². The second-order valence-corrected chi connectivity index (χ2v) is 4.07. The van der Waals surface area contributed by atoms with Gasteiger partial charge in [-0.3, -0.25) is 4.57 Å². The van der Waals surface area contributed by atoms with Gasteiger partial charge in [0, 0.05) is 38.1 Å². The average Bonchev–Trinajstić information content (AvgIpc) is 1.78. The summed E-state index contributed by atoms with van der Waals surface area (Å²) >= 11 is 0. The number of rotatable bonds is 0. The van der Waals surface area contributed by atoms with Crippen molar-refractivity contribution in [2.75, 3.05) is 13.2 Å². The molecule has 0 aliphatic carbocycles. The first kappa shape index (κ1) is 11.3. The molecule has 1 aliphatic rings. The third kappa shape index (κ3) is 3.59. The van der Waals surface area contributed by atoms with Crippen molar-refractivity contribution in [1.29, 1.82) is 0 Å². The van der Waals surface area contributed by atoms with Crippen LogP contribution in [0.5, 0.6) is 0 Å². The molecule has 0 atom stereocenters. The van der Waals surface area contributed by atoms with Crippen LogP contribution >= 0.6 is 8.25 Å². The maximum absolute atomic E-state index is 10.5. The van der Waals surface area contributed by atoms with Gasteiger partial charge in [0.2, 0.25) is 0 Å². The summed E-state index contributed by atoms with van der Waals surface area (Å²) in [4.78, 5) is 0. The van der Waals surface area contributed by atoms with Crippen molar-refractivity contribution in [3.8, 4) is 0 Å². The molecular weight excluding hydrogens is 228 g/mol. The van der Waals surface area contributed by atoms with Crippen LogP contribution in [0.2, 0.25) is 0 Å². The minimum atomic E-state index is -2.11.